The van der Waals surface area contributed by atoms with E-state index in [2.05, 4.69) is 126 Å². The molecular weight excluding hydrogens is 439 g/mol. The summed E-state index contributed by atoms with van der Waals surface area (Å²) in [5, 5.41) is 5.19. The van der Waals surface area contributed by atoms with Crippen LogP contribution < -0.4 is 0 Å². The van der Waals surface area contributed by atoms with Gasteiger partial charge in [0.05, 0.1) is 0 Å². The summed E-state index contributed by atoms with van der Waals surface area (Å²) in [5.41, 5.74) is 5.10. The molecule has 1 heteroatoms. The van der Waals surface area contributed by atoms with Gasteiger partial charge in [-0.3, -0.25) is 0 Å². The van der Waals surface area contributed by atoms with Crippen LogP contribution in [-0.4, -0.2) is 0 Å². The molecule has 0 atom stereocenters. The van der Waals surface area contributed by atoms with Crippen LogP contribution in [-0.2, 0) is 0 Å². The lowest BCUT2D eigenvalue weighted by Gasteiger charge is -2.14. The molecule has 128 valence electrons. The largest absolute Gasteiger partial charge is 0.0622 e. The van der Waals surface area contributed by atoms with Crippen LogP contribution in [0.2, 0.25) is 0 Å². The summed E-state index contributed by atoms with van der Waals surface area (Å²) >= 11 is 2.46. The van der Waals surface area contributed by atoms with Crippen molar-refractivity contribution in [2.75, 3.05) is 0 Å². The summed E-state index contributed by atoms with van der Waals surface area (Å²) in [6, 6.07) is 37.1. The van der Waals surface area contributed by atoms with E-state index in [1.54, 1.807) is 0 Å². The molecule has 0 aromatic heterocycles. The zero-order chi connectivity index (χ0) is 18.2. The average molecular weight is 456 g/mol. The maximum Gasteiger partial charge on any atom is 0.0215 e. The molecule has 27 heavy (non-hydrogen) atoms. The van der Waals surface area contributed by atoms with Crippen molar-refractivity contribution in [3.05, 3.63) is 107 Å². The van der Waals surface area contributed by atoms with Crippen molar-refractivity contribution in [3.63, 3.8) is 0 Å². The molecule has 0 aliphatic rings. The van der Waals surface area contributed by atoms with Crippen LogP contribution >= 0.6 is 22.6 Å². The molecule has 0 nitrogen and oxygen atoms in total. The molecule has 0 unspecified atom stereocenters. The Morgan fingerprint density at radius 1 is 0.481 bits per heavy atom. The van der Waals surface area contributed by atoms with E-state index in [9.17, 15) is 0 Å². The Bertz CT molecular complexity index is 1270. The predicted molar refractivity (Wildman–Crippen MR) is 125 cm³/mol. The van der Waals surface area contributed by atoms with E-state index in [1.165, 1.54) is 47.4 Å². The van der Waals surface area contributed by atoms with Crippen LogP contribution in [0.3, 0.4) is 0 Å². The number of benzene rings is 5. The highest BCUT2D eigenvalue weighted by Crippen LogP contribution is 2.38. The topological polar surface area (TPSA) is 0 Å². The smallest absolute Gasteiger partial charge is 0.0215 e. The second-order valence-corrected chi connectivity index (χ2v) is 7.91. The molecule has 0 bridgehead atoms. The molecule has 0 aliphatic heterocycles. The van der Waals surface area contributed by atoms with Gasteiger partial charge in [-0.15, -0.1) is 0 Å². The Labute approximate surface area is 172 Å². The molecule has 5 aromatic rings. The normalized spacial score (nSPS) is 11.1. The van der Waals surface area contributed by atoms with E-state index in [4.69, 9.17) is 0 Å². The Hall–Kier alpha value is -2.65. The number of rotatable bonds is 2. The molecule has 0 radical (unpaired) electrons. The van der Waals surface area contributed by atoms with Gasteiger partial charge in [0.2, 0.25) is 0 Å². The minimum absolute atomic E-state index is 1.26. The molecule has 0 fully saturated rings. The van der Waals surface area contributed by atoms with Crippen LogP contribution in [0.4, 0.5) is 0 Å². The maximum atomic E-state index is 2.46. The maximum absolute atomic E-state index is 2.46. The third-order valence-corrected chi connectivity index (χ3v) is 6.03. The first-order valence-corrected chi connectivity index (χ1v) is 10.1. The number of halogens is 1. The standard InChI is InChI=1S/C26H17I/c27-25-16-15-22(21-14-13-18-7-4-5-10-20(18)17-21)24-12-6-11-23(26(24)25)19-8-2-1-3-9-19/h1-17H. The number of fused-ring (bicyclic) bond motifs is 2. The van der Waals surface area contributed by atoms with Crippen LogP contribution in [0.15, 0.2) is 103 Å². The summed E-state index contributed by atoms with van der Waals surface area (Å²) in [6.45, 7) is 0. The molecule has 0 amide bonds. The highest BCUT2D eigenvalue weighted by Gasteiger charge is 2.11. The van der Waals surface area contributed by atoms with Gasteiger partial charge in [0.15, 0.2) is 0 Å². The van der Waals surface area contributed by atoms with Gasteiger partial charge in [0.25, 0.3) is 0 Å². The summed E-state index contributed by atoms with van der Waals surface area (Å²) in [6.07, 6.45) is 0. The van der Waals surface area contributed by atoms with Crippen molar-refractivity contribution in [1.29, 1.82) is 0 Å². The molecular formula is C26H17I. The SMILES string of the molecule is Ic1ccc(-c2ccc3ccccc3c2)c2cccc(-c3ccccc3)c12. The second kappa shape index (κ2) is 6.82. The lowest BCUT2D eigenvalue weighted by molar-refractivity contribution is 1.62. The third kappa shape index (κ3) is 2.92. The van der Waals surface area contributed by atoms with Crippen molar-refractivity contribution >= 4 is 44.1 Å². The highest BCUT2D eigenvalue weighted by atomic mass is 127. The molecule has 0 heterocycles. The van der Waals surface area contributed by atoms with Crippen molar-refractivity contribution in [3.8, 4) is 22.3 Å². The first-order chi connectivity index (χ1) is 13.3. The molecule has 5 rings (SSSR count). The van der Waals surface area contributed by atoms with Gasteiger partial charge in [-0.05, 0) is 73.1 Å². The fourth-order valence-electron chi connectivity index (χ4n) is 3.83. The predicted octanol–water partition coefficient (Wildman–Crippen LogP) is 7.93. The molecule has 0 aliphatic carbocycles. The van der Waals surface area contributed by atoms with E-state index < -0.39 is 0 Å². The highest BCUT2D eigenvalue weighted by molar-refractivity contribution is 14.1. The Morgan fingerprint density at radius 3 is 2.11 bits per heavy atom. The van der Waals surface area contributed by atoms with Crippen molar-refractivity contribution in [2.24, 2.45) is 0 Å². The molecule has 0 N–H and O–H groups in total. The minimum Gasteiger partial charge on any atom is -0.0622 e. The van der Waals surface area contributed by atoms with Crippen LogP contribution in [0.5, 0.6) is 0 Å². The van der Waals surface area contributed by atoms with Gasteiger partial charge >= 0.3 is 0 Å². The molecule has 0 saturated heterocycles. The van der Waals surface area contributed by atoms with E-state index in [0.29, 0.717) is 0 Å². The van der Waals surface area contributed by atoms with Gasteiger partial charge in [-0.1, -0.05) is 91.0 Å². The quantitative estimate of drug-likeness (QED) is 0.237. The van der Waals surface area contributed by atoms with Gasteiger partial charge in [-0.25, -0.2) is 0 Å². The van der Waals surface area contributed by atoms with Gasteiger partial charge in [0.1, 0.15) is 0 Å². The molecule has 0 saturated carbocycles. The Balaban J connectivity index is 1.80. The Morgan fingerprint density at radius 2 is 1.26 bits per heavy atom. The van der Waals surface area contributed by atoms with Gasteiger partial charge in [0, 0.05) is 8.96 Å². The zero-order valence-electron chi connectivity index (χ0n) is 14.7. The monoisotopic (exact) mass is 456 g/mol. The number of hydrogen-bond acceptors (Lipinski definition) is 0. The minimum atomic E-state index is 1.26. The van der Waals surface area contributed by atoms with E-state index in [-0.39, 0.29) is 0 Å². The van der Waals surface area contributed by atoms with E-state index >= 15 is 0 Å². The second-order valence-electron chi connectivity index (χ2n) is 6.75. The zero-order valence-corrected chi connectivity index (χ0v) is 16.9. The van der Waals surface area contributed by atoms with Crippen molar-refractivity contribution < 1.29 is 0 Å². The molecule has 5 aromatic carbocycles. The van der Waals surface area contributed by atoms with E-state index in [0.717, 1.165) is 0 Å². The lowest BCUT2D eigenvalue weighted by atomic mass is 9.92. The fraction of sp³-hybridized carbons (Fsp3) is 0. The first kappa shape index (κ1) is 16.5. The summed E-state index contributed by atoms with van der Waals surface area (Å²) < 4.78 is 1.28. The average Bonchev–Trinajstić information content (AvgIpc) is 2.74. The molecule has 0 spiro atoms. The summed E-state index contributed by atoms with van der Waals surface area (Å²) in [5.74, 6) is 0. The van der Waals surface area contributed by atoms with Crippen LogP contribution in [0.1, 0.15) is 0 Å². The first-order valence-electron chi connectivity index (χ1n) is 9.07. The van der Waals surface area contributed by atoms with Crippen molar-refractivity contribution in [1.82, 2.24) is 0 Å². The van der Waals surface area contributed by atoms with Gasteiger partial charge in [-0.2, -0.15) is 0 Å². The van der Waals surface area contributed by atoms with Gasteiger partial charge < -0.3 is 0 Å². The summed E-state index contributed by atoms with van der Waals surface area (Å²) in [7, 11) is 0. The van der Waals surface area contributed by atoms with E-state index in [1.807, 2.05) is 0 Å². The summed E-state index contributed by atoms with van der Waals surface area (Å²) in [4.78, 5) is 0. The fourth-order valence-corrected chi connectivity index (χ4v) is 4.59. The lowest BCUT2D eigenvalue weighted by Crippen LogP contribution is -1.88. The Kier molecular flexibility index (Phi) is 4.17. The number of hydrogen-bond donors (Lipinski definition) is 0. The van der Waals surface area contributed by atoms with Crippen molar-refractivity contribution in [2.45, 2.75) is 0 Å². The van der Waals surface area contributed by atoms with Crippen LogP contribution in [0, 0.1) is 3.57 Å². The van der Waals surface area contributed by atoms with Crippen LogP contribution in [0.25, 0.3) is 43.8 Å². The third-order valence-electron chi connectivity index (χ3n) is 5.14.